The second-order valence-electron chi connectivity index (χ2n) is 4.43. The molecule has 0 aromatic heterocycles. The lowest BCUT2D eigenvalue weighted by atomic mass is 10.1. The molecule has 124 valence electrons. The molecule has 0 bridgehead atoms. The third kappa shape index (κ3) is 3.35. The number of carbonyl (C=O) groups is 2. The Balaban J connectivity index is 2.62. The fraction of sp³-hybridized carbons (Fsp3) is 0.286. The van der Waals surface area contributed by atoms with Gasteiger partial charge < -0.3 is 19.1 Å². The number of benzene rings is 1. The van der Waals surface area contributed by atoms with E-state index in [2.05, 4.69) is 25.4 Å². The summed E-state index contributed by atoms with van der Waals surface area (Å²) in [6.07, 6.45) is 0. The number of esters is 2. The minimum absolute atomic E-state index is 0.0755. The van der Waals surface area contributed by atoms with Crippen molar-refractivity contribution in [3.8, 4) is 0 Å². The summed E-state index contributed by atoms with van der Waals surface area (Å²) in [6.45, 7) is -0.475. The van der Waals surface area contributed by atoms with Gasteiger partial charge in [-0.2, -0.15) is 0 Å². The number of carbonyl (C=O) groups excluding carboxylic acids is 2. The Kier molecular flexibility index (Phi) is 5.32. The van der Waals surface area contributed by atoms with Crippen molar-refractivity contribution < 1.29 is 32.6 Å². The van der Waals surface area contributed by atoms with E-state index in [-0.39, 0.29) is 34.8 Å². The molecule has 0 aliphatic carbocycles. The number of hydrogen-bond acceptors (Lipinski definition) is 6. The fourth-order valence-electron chi connectivity index (χ4n) is 2.05. The SMILES string of the molecule is COC(=O)C1=C(C(=O)OC)N(c2cc(F)c(Br)cc2F)COC1. The van der Waals surface area contributed by atoms with Crippen LogP contribution in [0.5, 0.6) is 0 Å². The quantitative estimate of drug-likeness (QED) is 0.580. The lowest BCUT2D eigenvalue weighted by Crippen LogP contribution is -2.39. The van der Waals surface area contributed by atoms with E-state index in [4.69, 9.17) is 4.74 Å². The summed E-state index contributed by atoms with van der Waals surface area (Å²) in [5.74, 6) is -3.27. The van der Waals surface area contributed by atoms with E-state index in [1.165, 1.54) is 0 Å². The maximum Gasteiger partial charge on any atom is 0.355 e. The number of ether oxygens (including phenoxy) is 3. The van der Waals surface area contributed by atoms with E-state index in [9.17, 15) is 18.4 Å². The fourth-order valence-corrected chi connectivity index (χ4v) is 2.37. The van der Waals surface area contributed by atoms with Crippen LogP contribution in [0.1, 0.15) is 0 Å². The molecule has 0 atom stereocenters. The van der Waals surface area contributed by atoms with Crippen LogP contribution < -0.4 is 4.90 Å². The lowest BCUT2D eigenvalue weighted by molar-refractivity contribution is -0.140. The number of methoxy groups -OCH3 is 2. The average Bonchev–Trinajstić information content (AvgIpc) is 2.56. The lowest BCUT2D eigenvalue weighted by Gasteiger charge is -2.31. The predicted molar refractivity (Wildman–Crippen MR) is 78.4 cm³/mol. The van der Waals surface area contributed by atoms with Gasteiger partial charge in [0.05, 0.1) is 36.6 Å². The first kappa shape index (κ1) is 17.4. The number of halogens is 3. The van der Waals surface area contributed by atoms with E-state index in [0.29, 0.717) is 0 Å². The highest BCUT2D eigenvalue weighted by Gasteiger charge is 2.33. The topological polar surface area (TPSA) is 65.1 Å². The molecule has 6 nitrogen and oxygen atoms in total. The van der Waals surface area contributed by atoms with Crippen LogP contribution in [-0.2, 0) is 23.8 Å². The monoisotopic (exact) mass is 391 g/mol. The second-order valence-corrected chi connectivity index (χ2v) is 5.29. The summed E-state index contributed by atoms with van der Waals surface area (Å²) in [7, 11) is 2.24. The van der Waals surface area contributed by atoms with Gasteiger partial charge in [0.25, 0.3) is 0 Å². The van der Waals surface area contributed by atoms with Crippen LogP contribution in [0.2, 0.25) is 0 Å². The van der Waals surface area contributed by atoms with Gasteiger partial charge in [-0.1, -0.05) is 0 Å². The zero-order valence-corrected chi connectivity index (χ0v) is 13.8. The van der Waals surface area contributed by atoms with Gasteiger partial charge in [0, 0.05) is 6.07 Å². The van der Waals surface area contributed by atoms with Gasteiger partial charge >= 0.3 is 11.9 Å². The molecule has 1 heterocycles. The predicted octanol–water partition coefficient (Wildman–Crippen LogP) is 2.12. The Hall–Kier alpha value is -2.00. The van der Waals surface area contributed by atoms with Crippen molar-refractivity contribution in [3.63, 3.8) is 0 Å². The first-order valence-corrected chi connectivity index (χ1v) is 7.09. The summed E-state index contributed by atoms with van der Waals surface area (Å²) in [5.41, 5.74) is -0.674. The van der Waals surface area contributed by atoms with Crippen molar-refractivity contribution >= 4 is 33.6 Å². The van der Waals surface area contributed by atoms with Gasteiger partial charge in [0.2, 0.25) is 0 Å². The first-order chi connectivity index (χ1) is 10.9. The molecule has 0 saturated heterocycles. The van der Waals surface area contributed by atoms with Crippen molar-refractivity contribution in [2.75, 3.05) is 32.5 Å². The highest BCUT2D eigenvalue weighted by molar-refractivity contribution is 9.10. The zero-order valence-electron chi connectivity index (χ0n) is 12.2. The minimum Gasteiger partial charge on any atom is -0.466 e. The van der Waals surface area contributed by atoms with Crippen LogP contribution in [0.15, 0.2) is 27.9 Å². The van der Waals surface area contributed by atoms with E-state index in [0.717, 1.165) is 31.3 Å². The maximum absolute atomic E-state index is 14.2. The molecule has 23 heavy (non-hydrogen) atoms. The summed E-state index contributed by atoms with van der Waals surface area (Å²) in [6, 6.07) is 1.79. The van der Waals surface area contributed by atoms with Crippen LogP contribution in [0, 0.1) is 11.6 Å². The molecule has 0 radical (unpaired) electrons. The van der Waals surface area contributed by atoms with E-state index < -0.39 is 23.6 Å². The number of nitrogens with zero attached hydrogens (tertiary/aromatic N) is 1. The van der Waals surface area contributed by atoms with Crippen molar-refractivity contribution in [3.05, 3.63) is 39.5 Å². The molecule has 0 fully saturated rings. The van der Waals surface area contributed by atoms with Gasteiger partial charge in [0.15, 0.2) is 0 Å². The van der Waals surface area contributed by atoms with E-state index in [1.54, 1.807) is 0 Å². The molecule has 0 spiro atoms. The summed E-state index contributed by atoms with van der Waals surface area (Å²) < 4.78 is 42.2. The maximum atomic E-state index is 14.2. The van der Waals surface area contributed by atoms with Crippen LogP contribution >= 0.6 is 15.9 Å². The smallest absolute Gasteiger partial charge is 0.355 e. The summed E-state index contributed by atoms with van der Waals surface area (Å²) in [4.78, 5) is 24.9. The van der Waals surface area contributed by atoms with Crippen molar-refractivity contribution in [1.29, 1.82) is 0 Å². The first-order valence-electron chi connectivity index (χ1n) is 6.30. The van der Waals surface area contributed by atoms with Gasteiger partial charge in [0.1, 0.15) is 24.1 Å². The van der Waals surface area contributed by atoms with Crippen LogP contribution in [0.25, 0.3) is 0 Å². The third-order valence-corrected chi connectivity index (χ3v) is 3.72. The summed E-state index contributed by atoms with van der Waals surface area (Å²) in [5, 5.41) is 0. The summed E-state index contributed by atoms with van der Waals surface area (Å²) >= 11 is 2.87. The van der Waals surface area contributed by atoms with Gasteiger partial charge in [-0.3, -0.25) is 0 Å². The van der Waals surface area contributed by atoms with Gasteiger partial charge in [-0.25, -0.2) is 18.4 Å². The average molecular weight is 392 g/mol. The Bertz CT molecular complexity index is 692. The number of rotatable bonds is 3. The van der Waals surface area contributed by atoms with Crippen LogP contribution in [-0.4, -0.2) is 39.5 Å². The second kappa shape index (κ2) is 7.05. The molecule has 1 aliphatic rings. The Morgan fingerprint density at radius 1 is 1.17 bits per heavy atom. The number of hydrogen-bond donors (Lipinski definition) is 0. The highest BCUT2D eigenvalue weighted by Crippen LogP contribution is 2.31. The molecule has 1 aliphatic heterocycles. The molecule has 0 N–H and O–H groups in total. The Morgan fingerprint density at radius 2 is 1.83 bits per heavy atom. The van der Waals surface area contributed by atoms with Crippen molar-refractivity contribution in [2.24, 2.45) is 0 Å². The molecule has 1 aromatic carbocycles. The van der Waals surface area contributed by atoms with E-state index in [1.807, 2.05) is 0 Å². The molecule has 0 saturated carbocycles. The van der Waals surface area contributed by atoms with Crippen LogP contribution in [0.4, 0.5) is 14.5 Å². The molecule has 2 rings (SSSR count). The third-order valence-electron chi connectivity index (χ3n) is 3.11. The largest absolute Gasteiger partial charge is 0.466 e. The van der Waals surface area contributed by atoms with E-state index >= 15 is 0 Å². The zero-order chi connectivity index (χ0) is 17.1. The molecule has 0 amide bonds. The number of anilines is 1. The van der Waals surface area contributed by atoms with Gasteiger partial charge in [-0.05, 0) is 22.0 Å². The highest BCUT2D eigenvalue weighted by atomic mass is 79.9. The normalized spacial score (nSPS) is 14.7. The molecular weight excluding hydrogens is 380 g/mol. The molecule has 9 heteroatoms. The van der Waals surface area contributed by atoms with Crippen molar-refractivity contribution in [2.45, 2.75) is 0 Å². The standard InChI is InChI=1S/C14H12BrF2NO5/c1-21-13(19)7-5-23-6-18(12(7)14(20)22-2)11-4-9(16)8(15)3-10(11)17/h3-4H,5-6H2,1-2H3. The van der Waals surface area contributed by atoms with Gasteiger partial charge in [-0.15, -0.1) is 0 Å². The molecule has 1 aromatic rings. The van der Waals surface area contributed by atoms with Crippen LogP contribution in [0.3, 0.4) is 0 Å². The molecule has 0 unspecified atom stereocenters. The van der Waals surface area contributed by atoms with Crippen molar-refractivity contribution in [1.82, 2.24) is 0 Å². The minimum atomic E-state index is -0.892. The Labute approximate surface area is 138 Å². The Morgan fingerprint density at radius 3 is 2.43 bits per heavy atom. The molecular formula is C14H12BrF2NO5.